The Labute approximate surface area is 164 Å². The van der Waals surface area contributed by atoms with E-state index in [2.05, 4.69) is 31.5 Å². The topological polar surface area (TPSA) is 61.4 Å². The summed E-state index contributed by atoms with van der Waals surface area (Å²) in [5.74, 6) is 0.0221. The lowest BCUT2D eigenvalue weighted by molar-refractivity contribution is -0.122. The minimum Gasteiger partial charge on any atom is -0.355 e. The zero-order valence-electron chi connectivity index (χ0n) is 14.4. The van der Waals surface area contributed by atoms with E-state index in [0.717, 1.165) is 29.7 Å². The summed E-state index contributed by atoms with van der Waals surface area (Å²) in [7, 11) is 0. The van der Waals surface area contributed by atoms with Gasteiger partial charge in [-0.1, -0.05) is 28.1 Å². The van der Waals surface area contributed by atoms with Gasteiger partial charge in [-0.05, 0) is 50.0 Å². The van der Waals surface area contributed by atoms with Crippen LogP contribution in [0.3, 0.4) is 0 Å². The number of benzene rings is 1. The number of nitrogens with zero attached hydrogens (tertiary/aromatic N) is 1. The minimum atomic E-state index is -0.0140. The van der Waals surface area contributed by atoms with Crippen LogP contribution >= 0.6 is 28.3 Å². The number of carbonyl (C=O) groups excluding carboxylic acids is 2. The maximum atomic E-state index is 11.8. The molecule has 0 atom stereocenters. The van der Waals surface area contributed by atoms with E-state index >= 15 is 0 Å². The van der Waals surface area contributed by atoms with Crippen LogP contribution in [0, 0.1) is 0 Å². The SMILES string of the molecule is Cl.O=C(CCCC(=O)NCc1cccc(Br)c1)NCCN1CCCC1. The summed E-state index contributed by atoms with van der Waals surface area (Å²) in [6, 6.07) is 7.85. The summed E-state index contributed by atoms with van der Waals surface area (Å²) in [6.45, 7) is 4.44. The van der Waals surface area contributed by atoms with Gasteiger partial charge >= 0.3 is 0 Å². The fourth-order valence-corrected chi connectivity index (χ4v) is 3.24. The standard InChI is InChI=1S/C18H26BrN3O2.ClH/c19-16-6-3-5-15(13-16)14-21-18(24)8-4-7-17(23)20-9-12-22-10-1-2-11-22;/h3,5-6,13H,1-2,4,7-12,14H2,(H,20,23)(H,21,24);1H. The lowest BCUT2D eigenvalue weighted by atomic mass is 10.2. The van der Waals surface area contributed by atoms with E-state index in [9.17, 15) is 9.59 Å². The lowest BCUT2D eigenvalue weighted by Gasteiger charge is -2.14. The van der Waals surface area contributed by atoms with Gasteiger partial charge in [-0.2, -0.15) is 0 Å². The van der Waals surface area contributed by atoms with Crippen molar-refractivity contribution < 1.29 is 9.59 Å². The van der Waals surface area contributed by atoms with E-state index < -0.39 is 0 Å². The molecule has 7 heteroatoms. The molecule has 0 bridgehead atoms. The van der Waals surface area contributed by atoms with Gasteiger partial charge in [0.25, 0.3) is 0 Å². The van der Waals surface area contributed by atoms with Crippen molar-refractivity contribution in [1.82, 2.24) is 15.5 Å². The Bertz CT molecular complexity index is 551. The normalized spacial score (nSPS) is 14.0. The van der Waals surface area contributed by atoms with Crippen LogP contribution in [0.25, 0.3) is 0 Å². The van der Waals surface area contributed by atoms with Gasteiger partial charge in [-0.25, -0.2) is 0 Å². The Kier molecular flexibility index (Phi) is 10.8. The third-order valence-electron chi connectivity index (χ3n) is 4.14. The average molecular weight is 433 g/mol. The van der Waals surface area contributed by atoms with Gasteiger partial charge < -0.3 is 15.5 Å². The molecule has 0 spiro atoms. The van der Waals surface area contributed by atoms with Crippen LogP contribution in [-0.2, 0) is 16.1 Å². The average Bonchev–Trinajstić information content (AvgIpc) is 3.06. The summed E-state index contributed by atoms with van der Waals surface area (Å²) in [6.07, 6.45) is 3.91. The smallest absolute Gasteiger partial charge is 0.220 e. The maximum absolute atomic E-state index is 11.8. The number of carbonyl (C=O) groups is 2. The second-order valence-electron chi connectivity index (χ2n) is 6.16. The predicted molar refractivity (Wildman–Crippen MR) is 106 cm³/mol. The van der Waals surface area contributed by atoms with Crippen molar-refractivity contribution >= 4 is 40.2 Å². The molecule has 0 aliphatic carbocycles. The predicted octanol–water partition coefficient (Wildman–Crippen LogP) is 2.87. The highest BCUT2D eigenvalue weighted by Gasteiger charge is 2.11. The number of amides is 2. The van der Waals surface area contributed by atoms with E-state index in [1.165, 1.54) is 12.8 Å². The van der Waals surface area contributed by atoms with Crippen LogP contribution in [0.1, 0.15) is 37.7 Å². The fourth-order valence-electron chi connectivity index (χ4n) is 2.79. The zero-order valence-corrected chi connectivity index (χ0v) is 16.8. The maximum Gasteiger partial charge on any atom is 0.220 e. The molecular formula is C18H27BrClN3O2. The summed E-state index contributed by atoms with van der Waals surface area (Å²) in [5, 5.41) is 5.81. The first kappa shape index (κ1) is 21.9. The van der Waals surface area contributed by atoms with E-state index in [-0.39, 0.29) is 24.2 Å². The molecule has 1 aliphatic heterocycles. The summed E-state index contributed by atoms with van der Waals surface area (Å²) in [5.41, 5.74) is 1.05. The van der Waals surface area contributed by atoms with Crippen molar-refractivity contribution in [3.8, 4) is 0 Å². The molecule has 140 valence electrons. The highest BCUT2D eigenvalue weighted by molar-refractivity contribution is 9.10. The van der Waals surface area contributed by atoms with Gasteiger partial charge in [0.2, 0.25) is 11.8 Å². The molecule has 2 N–H and O–H groups in total. The fraction of sp³-hybridized carbons (Fsp3) is 0.556. The van der Waals surface area contributed by atoms with Crippen LogP contribution in [-0.4, -0.2) is 42.9 Å². The van der Waals surface area contributed by atoms with Crippen molar-refractivity contribution in [3.05, 3.63) is 34.3 Å². The van der Waals surface area contributed by atoms with Crippen LogP contribution < -0.4 is 10.6 Å². The zero-order chi connectivity index (χ0) is 17.2. The highest BCUT2D eigenvalue weighted by Crippen LogP contribution is 2.11. The Morgan fingerprint density at radius 1 is 1.08 bits per heavy atom. The first-order valence-electron chi connectivity index (χ1n) is 8.64. The van der Waals surface area contributed by atoms with Crippen molar-refractivity contribution in [3.63, 3.8) is 0 Å². The molecule has 1 saturated heterocycles. The number of hydrogen-bond donors (Lipinski definition) is 2. The Hall–Kier alpha value is -1.11. The summed E-state index contributed by atoms with van der Waals surface area (Å²) < 4.78 is 1.000. The summed E-state index contributed by atoms with van der Waals surface area (Å²) in [4.78, 5) is 25.9. The Morgan fingerprint density at radius 2 is 1.76 bits per heavy atom. The molecule has 1 heterocycles. The number of nitrogens with one attached hydrogen (secondary N) is 2. The molecule has 0 radical (unpaired) electrons. The van der Waals surface area contributed by atoms with E-state index in [1.54, 1.807) is 0 Å². The quantitative estimate of drug-likeness (QED) is 0.631. The second kappa shape index (κ2) is 12.3. The Morgan fingerprint density at radius 3 is 2.44 bits per heavy atom. The molecule has 1 aromatic carbocycles. The Balaban J connectivity index is 0.00000312. The third-order valence-corrected chi connectivity index (χ3v) is 4.63. The molecule has 1 aliphatic rings. The molecule has 1 fully saturated rings. The van der Waals surface area contributed by atoms with Crippen LogP contribution in [0.2, 0.25) is 0 Å². The molecular weight excluding hydrogens is 406 g/mol. The van der Waals surface area contributed by atoms with Crippen LogP contribution in [0.5, 0.6) is 0 Å². The third kappa shape index (κ3) is 9.23. The van der Waals surface area contributed by atoms with E-state index in [4.69, 9.17) is 0 Å². The van der Waals surface area contributed by atoms with Crippen molar-refractivity contribution in [2.75, 3.05) is 26.2 Å². The lowest BCUT2D eigenvalue weighted by Crippen LogP contribution is -2.33. The van der Waals surface area contributed by atoms with Crippen molar-refractivity contribution in [1.29, 1.82) is 0 Å². The molecule has 25 heavy (non-hydrogen) atoms. The number of hydrogen-bond acceptors (Lipinski definition) is 3. The van der Waals surface area contributed by atoms with E-state index in [0.29, 0.717) is 32.4 Å². The molecule has 0 unspecified atom stereocenters. The molecule has 2 rings (SSSR count). The van der Waals surface area contributed by atoms with E-state index in [1.807, 2.05) is 24.3 Å². The van der Waals surface area contributed by atoms with Crippen LogP contribution in [0.4, 0.5) is 0 Å². The number of halogens is 2. The monoisotopic (exact) mass is 431 g/mol. The van der Waals surface area contributed by atoms with Gasteiger partial charge in [-0.3, -0.25) is 9.59 Å². The molecule has 2 amide bonds. The van der Waals surface area contributed by atoms with Gasteiger partial charge in [0.15, 0.2) is 0 Å². The first-order valence-corrected chi connectivity index (χ1v) is 9.43. The van der Waals surface area contributed by atoms with Gasteiger partial charge in [-0.15, -0.1) is 12.4 Å². The number of rotatable bonds is 9. The van der Waals surface area contributed by atoms with Gasteiger partial charge in [0.1, 0.15) is 0 Å². The first-order chi connectivity index (χ1) is 11.6. The van der Waals surface area contributed by atoms with Crippen molar-refractivity contribution in [2.45, 2.75) is 38.6 Å². The largest absolute Gasteiger partial charge is 0.355 e. The molecule has 5 nitrogen and oxygen atoms in total. The van der Waals surface area contributed by atoms with Crippen molar-refractivity contribution in [2.24, 2.45) is 0 Å². The molecule has 0 saturated carbocycles. The molecule has 1 aromatic rings. The second-order valence-corrected chi connectivity index (χ2v) is 7.07. The van der Waals surface area contributed by atoms with Gasteiger partial charge in [0, 0.05) is 36.9 Å². The van der Waals surface area contributed by atoms with Crippen LogP contribution in [0.15, 0.2) is 28.7 Å². The summed E-state index contributed by atoms with van der Waals surface area (Å²) >= 11 is 3.41. The molecule has 0 aromatic heterocycles. The van der Waals surface area contributed by atoms with Gasteiger partial charge in [0.05, 0.1) is 0 Å². The number of likely N-dealkylation sites (tertiary alicyclic amines) is 1. The highest BCUT2D eigenvalue weighted by atomic mass is 79.9. The minimum absolute atomic E-state index is 0.